The number of rotatable bonds is 4. The van der Waals surface area contributed by atoms with E-state index < -0.39 is 0 Å². The molecule has 5 nitrogen and oxygen atoms in total. The molecular formula is C9H10N2O3. The second-order valence-electron chi connectivity index (χ2n) is 2.94. The summed E-state index contributed by atoms with van der Waals surface area (Å²) in [6.45, 7) is 0.816. The van der Waals surface area contributed by atoms with Gasteiger partial charge in [-0.3, -0.25) is 5.43 Å². The van der Waals surface area contributed by atoms with Gasteiger partial charge in [-0.2, -0.15) is 0 Å². The van der Waals surface area contributed by atoms with E-state index in [0.717, 1.165) is 23.5 Å². The molecule has 0 saturated carbocycles. The molecule has 0 radical (unpaired) electrons. The number of benzene rings is 1. The average Bonchev–Trinajstić information content (AvgIpc) is 2.65. The Hall–Kier alpha value is -1.78. The average molecular weight is 194 g/mol. The van der Waals surface area contributed by atoms with Crippen molar-refractivity contribution in [3.8, 4) is 11.5 Å². The first-order valence-corrected chi connectivity index (χ1v) is 4.34. The van der Waals surface area contributed by atoms with Gasteiger partial charge in [0.1, 0.15) is 0 Å². The maximum Gasteiger partial charge on any atom is 0.231 e. The zero-order chi connectivity index (χ0) is 9.80. The van der Waals surface area contributed by atoms with Crippen LogP contribution in [0.5, 0.6) is 11.5 Å². The third-order valence-electron chi connectivity index (χ3n) is 2.03. The minimum atomic E-state index is 0.285. The Balaban J connectivity index is 2.01. The molecule has 0 aliphatic carbocycles. The summed E-state index contributed by atoms with van der Waals surface area (Å²) in [4.78, 5) is 9.78. The largest absolute Gasteiger partial charge is 0.454 e. The molecule has 1 aromatic carbocycles. The van der Waals surface area contributed by atoms with Crippen LogP contribution in [-0.2, 0) is 6.42 Å². The summed E-state index contributed by atoms with van der Waals surface area (Å²) < 4.78 is 10.4. The molecule has 0 atom stereocenters. The minimum Gasteiger partial charge on any atom is -0.454 e. The van der Waals surface area contributed by atoms with E-state index in [1.807, 2.05) is 18.2 Å². The van der Waals surface area contributed by atoms with Crippen LogP contribution < -0.4 is 14.9 Å². The third kappa shape index (κ3) is 1.76. The predicted molar refractivity (Wildman–Crippen MR) is 50.1 cm³/mol. The fourth-order valence-electron chi connectivity index (χ4n) is 1.34. The van der Waals surface area contributed by atoms with Gasteiger partial charge in [-0.15, -0.1) is 4.91 Å². The molecule has 0 fully saturated rings. The molecule has 2 rings (SSSR count). The Labute approximate surface area is 81.0 Å². The van der Waals surface area contributed by atoms with Crippen LogP contribution >= 0.6 is 0 Å². The maximum atomic E-state index is 9.78. The van der Waals surface area contributed by atoms with Crippen molar-refractivity contribution in [2.45, 2.75) is 6.42 Å². The van der Waals surface area contributed by atoms with Crippen LogP contribution in [0.15, 0.2) is 23.5 Å². The summed E-state index contributed by atoms with van der Waals surface area (Å²) in [5.41, 5.74) is 3.45. The monoisotopic (exact) mass is 194 g/mol. The third-order valence-corrected chi connectivity index (χ3v) is 2.03. The van der Waals surface area contributed by atoms with Crippen LogP contribution in [0.2, 0.25) is 0 Å². The molecule has 1 aromatic rings. The molecule has 0 spiro atoms. The molecule has 14 heavy (non-hydrogen) atoms. The van der Waals surface area contributed by atoms with Crippen LogP contribution in [0.1, 0.15) is 5.56 Å². The highest BCUT2D eigenvalue weighted by Gasteiger charge is 2.12. The van der Waals surface area contributed by atoms with E-state index in [4.69, 9.17) is 9.47 Å². The molecule has 0 amide bonds. The zero-order valence-electron chi connectivity index (χ0n) is 7.53. The molecule has 0 aromatic heterocycles. The summed E-state index contributed by atoms with van der Waals surface area (Å²) in [5.74, 6) is 1.54. The lowest BCUT2D eigenvalue weighted by molar-refractivity contribution is 0.174. The number of hydrogen-bond donors (Lipinski definition) is 1. The standard InChI is InChI=1S/C9H10N2O3/c12-11-10-4-3-7-1-2-8-9(5-7)14-6-13-8/h1-2,5H,3-4,6H2,(H,10,12). The van der Waals surface area contributed by atoms with Crippen LogP contribution in [0, 0.1) is 4.91 Å². The summed E-state index contributed by atoms with van der Waals surface area (Å²) in [5, 5.41) is 2.57. The summed E-state index contributed by atoms with van der Waals surface area (Å²) in [6.07, 6.45) is 0.738. The Bertz CT molecular complexity index is 341. The van der Waals surface area contributed by atoms with Gasteiger partial charge in [0.2, 0.25) is 6.79 Å². The van der Waals surface area contributed by atoms with Crippen LogP contribution in [0.25, 0.3) is 0 Å². The summed E-state index contributed by atoms with van der Waals surface area (Å²) in [7, 11) is 0. The molecule has 1 aliphatic heterocycles. The van der Waals surface area contributed by atoms with E-state index in [1.165, 1.54) is 0 Å². The van der Waals surface area contributed by atoms with Crippen molar-refractivity contribution in [3.05, 3.63) is 28.7 Å². The predicted octanol–water partition coefficient (Wildman–Crippen LogP) is 1.23. The van der Waals surface area contributed by atoms with Crippen LogP contribution in [0.4, 0.5) is 0 Å². The second-order valence-corrected chi connectivity index (χ2v) is 2.94. The lowest BCUT2D eigenvalue weighted by Gasteiger charge is -2.01. The summed E-state index contributed by atoms with van der Waals surface area (Å²) in [6, 6.07) is 5.72. The number of nitrogens with zero attached hydrogens (tertiary/aromatic N) is 1. The van der Waals surface area contributed by atoms with E-state index in [2.05, 4.69) is 10.7 Å². The smallest absolute Gasteiger partial charge is 0.231 e. The van der Waals surface area contributed by atoms with Gasteiger partial charge in [-0.1, -0.05) is 6.07 Å². The maximum absolute atomic E-state index is 9.78. The van der Waals surface area contributed by atoms with Crippen molar-refractivity contribution in [1.82, 2.24) is 5.43 Å². The van der Waals surface area contributed by atoms with Crippen molar-refractivity contribution in [2.24, 2.45) is 5.29 Å². The number of ether oxygens (including phenoxy) is 2. The zero-order valence-corrected chi connectivity index (χ0v) is 7.53. The van der Waals surface area contributed by atoms with Crippen molar-refractivity contribution >= 4 is 0 Å². The highest BCUT2D eigenvalue weighted by molar-refractivity contribution is 5.44. The van der Waals surface area contributed by atoms with Gasteiger partial charge in [0.25, 0.3) is 0 Å². The van der Waals surface area contributed by atoms with E-state index in [1.54, 1.807) is 0 Å². The highest BCUT2D eigenvalue weighted by atomic mass is 16.7. The topological polar surface area (TPSA) is 59.9 Å². The van der Waals surface area contributed by atoms with Gasteiger partial charge in [-0.05, 0) is 24.1 Å². The number of hydrogen-bond acceptors (Lipinski definition) is 4. The van der Waals surface area contributed by atoms with Gasteiger partial charge in [0, 0.05) is 11.8 Å². The van der Waals surface area contributed by atoms with E-state index in [-0.39, 0.29) is 6.79 Å². The Kier molecular flexibility index (Phi) is 2.48. The highest BCUT2D eigenvalue weighted by Crippen LogP contribution is 2.32. The number of nitrogens with one attached hydrogen (secondary N) is 1. The Morgan fingerprint density at radius 2 is 2.21 bits per heavy atom. The summed E-state index contributed by atoms with van der Waals surface area (Å²) >= 11 is 0. The normalized spacial score (nSPS) is 12.6. The van der Waals surface area contributed by atoms with E-state index in [9.17, 15) is 4.91 Å². The van der Waals surface area contributed by atoms with E-state index in [0.29, 0.717) is 6.54 Å². The number of fused-ring (bicyclic) bond motifs is 1. The fraction of sp³-hybridized carbons (Fsp3) is 0.333. The molecule has 1 aliphatic rings. The molecule has 0 bridgehead atoms. The van der Waals surface area contributed by atoms with Crippen molar-refractivity contribution in [3.63, 3.8) is 0 Å². The Morgan fingerprint density at radius 1 is 1.36 bits per heavy atom. The first kappa shape index (κ1) is 8.80. The second kappa shape index (κ2) is 3.95. The molecular weight excluding hydrogens is 184 g/mol. The molecule has 5 heteroatoms. The molecule has 0 saturated heterocycles. The SMILES string of the molecule is O=NNCCc1ccc2c(c1)OCO2. The van der Waals surface area contributed by atoms with Gasteiger partial charge in [-0.25, -0.2) is 0 Å². The molecule has 1 heterocycles. The van der Waals surface area contributed by atoms with Crippen molar-refractivity contribution in [2.75, 3.05) is 13.3 Å². The van der Waals surface area contributed by atoms with Gasteiger partial charge in [0.05, 0.1) is 0 Å². The fourth-order valence-corrected chi connectivity index (χ4v) is 1.34. The van der Waals surface area contributed by atoms with E-state index >= 15 is 0 Å². The minimum absolute atomic E-state index is 0.285. The van der Waals surface area contributed by atoms with Crippen LogP contribution in [-0.4, -0.2) is 13.3 Å². The molecule has 1 N–H and O–H groups in total. The lowest BCUT2D eigenvalue weighted by atomic mass is 10.1. The van der Waals surface area contributed by atoms with Gasteiger partial charge in [0.15, 0.2) is 11.5 Å². The quantitative estimate of drug-likeness (QED) is 0.445. The molecule has 0 unspecified atom stereocenters. The molecule has 74 valence electrons. The van der Waals surface area contributed by atoms with Crippen LogP contribution in [0.3, 0.4) is 0 Å². The van der Waals surface area contributed by atoms with Crippen molar-refractivity contribution in [1.29, 1.82) is 0 Å². The number of nitroso groups, excluding NO2 is 1. The van der Waals surface area contributed by atoms with Crippen molar-refractivity contribution < 1.29 is 9.47 Å². The van der Waals surface area contributed by atoms with Gasteiger partial charge < -0.3 is 9.47 Å². The first-order valence-electron chi connectivity index (χ1n) is 4.34. The van der Waals surface area contributed by atoms with Gasteiger partial charge >= 0.3 is 0 Å². The first-order chi connectivity index (χ1) is 6.90. The lowest BCUT2D eigenvalue weighted by Crippen LogP contribution is -2.08. The Morgan fingerprint density at radius 3 is 3.07 bits per heavy atom.